The highest BCUT2D eigenvalue weighted by Crippen LogP contribution is 2.29. The van der Waals surface area contributed by atoms with Crippen LogP contribution in [0.2, 0.25) is 0 Å². The first-order valence-corrected chi connectivity index (χ1v) is 9.88. The maximum Gasteiger partial charge on any atom is 0.257 e. The molecule has 0 saturated heterocycles. The van der Waals surface area contributed by atoms with Crippen molar-refractivity contribution in [2.45, 2.75) is 47.0 Å². The molecule has 0 atom stereocenters. The third kappa shape index (κ3) is 5.98. The van der Waals surface area contributed by atoms with Crippen LogP contribution in [-0.4, -0.2) is 29.3 Å². The molecule has 0 spiro atoms. The zero-order valence-electron chi connectivity index (χ0n) is 15.9. The molecule has 26 heavy (non-hydrogen) atoms. The van der Waals surface area contributed by atoms with Gasteiger partial charge in [0.15, 0.2) is 11.5 Å². The zero-order valence-corrected chi connectivity index (χ0v) is 16.7. The molecule has 0 aliphatic carbocycles. The van der Waals surface area contributed by atoms with E-state index in [1.54, 1.807) is 18.2 Å². The summed E-state index contributed by atoms with van der Waals surface area (Å²) >= 11 is 1.41. The van der Waals surface area contributed by atoms with Gasteiger partial charge in [0.2, 0.25) is 5.13 Å². The van der Waals surface area contributed by atoms with Crippen LogP contribution in [0, 0.1) is 5.92 Å². The van der Waals surface area contributed by atoms with Crippen molar-refractivity contribution in [3.63, 3.8) is 0 Å². The molecule has 0 aliphatic rings. The predicted molar refractivity (Wildman–Crippen MR) is 104 cm³/mol. The van der Waals surface area contributed by atoms with Gasteiger partial charge in [-0.05, 0) is 37.0 Å². The van der Waals surface area contributed by atoms with Gasteiger partial charge in [-0.25, -0.2) is 0 Å². The maximum absolute atomic E-state index is 12.5. The SMILES string of the molecule is CCCOc1ccc(C(=O)Nc2nnc(CC(C)C)s2)cc1OCCC. The number of nitrogens with one attached hydrogen (secondary N) is 1. The van der Waals surface area contributed by atoms with Crippen molar-refractivity contribution in [2.24, 2.45) is 5.92 Å². The van der Waals surface area contributed by atoms with E-state index in [0.717, 1.165) is 24.3 Å². The van der Waals surface area contributed by atoms with Gasteiger partial charge in [0.25, 0.3) is 5.91 Å². The fourth-order valence-electron chi connectivity index (χ4n) is 2.21. The molecule has 0 unspecified atom stereocenters. The van der Waals surface area contributed by atoms with Crippen molar-refractivity contribution in [2.75, 3.05) is 18.5 Å². The molecule has 7 heteroatoms. The number of nitrogens with zero attached hydrogens (tertiary/aromatic N) is 2. The Morgan fingerprint density at radius 3 is 2.46 bits per heavy atom. The fourth-order valence-corrected chi connectivity index (χ4v) is 3.16. The highest BCUT2D eigenvalue weighted by atomic mass is 32.1. The van der Waals surface area contributed by atoms with Gasteiger partial charge in [-0.15, -0.1) is 10.2 Å². The van der Waals surface area contributed by atoms with Crippen molar-refractivity contribution in [3.05, 3.63) is 28.8 Å². The minimum atomic E-state index is -0.236. The smallest absolute Gasteiger partial charge is 0.257 e. The largest absolute Gasteiger partial charge is 0.490 e. The van der Waals surface area contributed by atoms with Gasteiger partial charge in [0.1, 0.15) is 5.01 Å². The second-order valence-electron chi connectivity index (χ2n) is 6.41. The molecule has 142 valence electrons. The number of hydrogen-bond acceptors (Lipinski definition) is 6. The number of benzene rings is 1. The van der Waals surface area contributed by atoms with Crippen molar-refractivity contribution in [1.29, 1.82) is 0 Å². The second-order valence-corrected chi connectivity index (χ2v) is 7.47. The molecule has 0 saturated carbocycles. The minimum Gasteiger partial charge on any atom is -0.490 e. The van der Waals surface area contributed by atoms with Crippen LogP contribution in [-0.2, 0) is 6.42 Å². The number of amides is 1. The third-order valence-electron chi connectivity index (χ3n) is 3.40. The van der Waals surface area contributed by atoms with E-state index in [0.29, 0.717) is 41.3 Å². The number of hydrogen-bond donors (Lipinski definition) is 1. The topological polar surface area (TPSA) is 73.3 Å². The Bertz CT molecular complexity index is 716. The third-order valence-corrected chi connectivity index (χ3v) is 4.26. The highest BCUT2D eigenvalue weighted by Gasteiger charge is 2.14. The summed E-state index contributed by atoms with van der Waals surface area (Å²) < 4.78 is 11.4. The molecule has 6 nitrogen and oxygen atoms in total. The Labute approximate surface area is 158 Å². The minimum absolute atomic E-state index is 0.236. The summed E-state index contributed by atoms with van der Waals surface area (Å²) in [6.07, 6.45) is 2.64. The van der Waals surface area contributed by atoms with Crippen LogP contribution in [0.3, 0.4) is 0 Å². The number of carbonyl (C=O) groups excluding carboxylic acids is 1. The highest BCUT2D eigenvalue weighted by molar-refractivity contribution is 7.15. The molecule has 2 aromatic rings. The molecule has 1 aromatic heterocycles. The number of ether oxygens (including phenoxy) is 2. The molecule has 0 fully saturated rings. The van der Waals surface area contributed by atoms with E-state index in [-0.39, 0.29) is 5.91 Å². The molecule has 1 aromatic carbocycles. The van der Waals surface area contributed by atoms with Crippen LogP contribution in [0.1, 0.15) is 55.9 Å². The van der Waals surface area contributed by atoms with Crippen molar-refractivity contribution in [3.8, 4) is 11.5 Å². The van der Waals surface area contributed by atoms with E-state index in [2.05, 4.69) is 29.4 Å². The lowest BCUT2D eigenvalue weighted by Gasteiger charge is -2.13. The van der Waals surface area contributed by atoms with Crippen LogP contribution in [0.15, 0.2) is 18.2 Å². The van der Waals surface area contributed by atoms with Crippen LogP contribution >= 0.6 is 11.3 Å². The predicted octanol–water partition coefficient (Wildman–Crippen LogP) is 4.57. The number of aromatic nitrogens is 2. The normalized spacial score (nSPS) is 10.8. The average Bonchev–Trinajstić information content (AvgIpc) is 3.04. The number of anilines is 1. The number of carbonyl (C=O) groups is 1. The Balaban J connectivity index is 2.10. The number of rotatable bonds is 10. The molecule has 1 N–H and O–H groups in total. The van der Waals surface area contributed by atoms with Gasteiger partial charge < -0.3 is 9.47 Å². The van der Waals surface area contributed by atoms with E-state index < -0.39 is 0 Å². The Hall–Kier alpha value is -2.15. The van der Waals surface area contributed by atoms with Crippen molar-refractivity contribution in [1.82, 2.24) is 10.2 Å². The lowest BCUT2D eigenvalue weighted by atomic mass is 10.1. The van der Waals surface area contributed by atoms with E-state index in [9.17, 15) is 4.79 Å². The molecule has 2 rings (SSSR count). The molecule has 1 amide bonds. The summed E-state index contributed by atoms with van der Waals surface area (Å²) in [6.45, 7) is 9.51. The summed E-state index contributed by atoms with van der Waals surface area (Å²) in [5.41, 5.74) is 0.501. The van der Waals surface area contributed by atoms with Gasteiger partial charge in [0, 0.05) is 12.0 Å². The molecular weight excluding hydrogens is 350 g/mol. The molecule has 1 heterocycles. The Morgan fingerprint density at radius 2 is 1.81 bits per heavy atom. The Morgan fingerprint density at radius 1 is 1.12 bits per heavy atom. The summed E-state index contributed by atoms with van der Waals surface area (Å²) in [5.74, 6) is 1.51. The second kappa shape index (κ2) is 10.1. The summed E-state index contributed by atoms with van der Waals surface area (Å²) in [4.78, 5) is 12.5. The molecule has 0 aliphatic heterocycles. The maximum atomic E-state index is 12.5. The summed E-state index contributed by atoms with van der Waals surface area (Å²) in [5, 5.41) is 12.4. The average molecular weight is 378 g/mol. The summed E-state index contributed by atoms with van der Waals surface area (Å²) in [6, 6.07) is 5.22. The van der Waals surface area contributed by atoms with E-state index in [1.807, 2.05) is 13.8 Å². The first-order valence-electron chi connectivity index (χ1n) is 9.06. The molecular formula is C19H27N3O3S. The Kier molecular flexibility index (Phi) is 7.84. The van der Waals surface area contributed by atoms with Gasteiger partial charge in [-0.1, -0.05) is 39.0 Å². The van der Waals surface area contributed by atoms with E-state index >= 15 is 0 Å². The summed E-state index contributed by atoms with van der Waals surface area (Å²) in [7, 11) is 0. The lowest BCUT2D eigenvalue weighted by Crippen LogP contribution is -2.12. The van der Waals surface area contributed by atoms with Gasteiger partial charge >= 0.3 is 0 Å². The zero-order chi connectivity index (χ0) is 18.9. The van der Waals surface area contributed by atoms with Gasteiger partial charge in [-0.3, -0.25) is 10.1 Å². The molecule has 0 bridgehead atoms. The monoisotopic (exact) mass is 377 g/mol. The van der Waals surface area contributed by atoms with Crippen molar-refractivity contribution >= 4 is 22.4 Å². The first-order chi connectivity index (χ1) is 12.5. The van der Waals surface area contributed by atoms with E-state index in [1.165, 1.54) is 11.3 Å². The standard InChI is InChI=1S/C19H27N3O3S/c1-5-9-24-15-8-7-14(12-16(15)25-10-6-2)18(23)20-19-22-21-17(26-19)11-13(3)4/h7-8,12-13H,5-6,9-11H2,1-4H3,(H,20,22,23). The first kappa shape index (κ1) is 20.2. The van der Waals surface area contributed by atoms with Crippen LogP contribution in [0.25, 0.3) is 0 Å². The van der Waals surface area contributed by atoms with Gasteiger partial charge in [0.05, 0.1) is 13.2 Å². The van der Waals surface area contributed by atoms with E-state index in [4.69, 9.17) is 9.47 Å². The van der Waals surface area contributed by atoms with Gasteiger partial charge in [-0.2, -0.15) is 0 Å². The lowest BCUT2D eigenvalue weighted by molar-refractivity contribution is 0.102. The quantitative estimate of drug-likeness (QED) is 0.657. The van der Waals surface area contributed by atoms with Crippen LogP contribution < -0.4 is 14.8 Å². The van der Waals surface area contributed by atoms with Crippen LogP contribution in [0.5, 0.6) is 11.5 Å². The van der Waals surface area contributed by atoms with Crippen molar-refractivity contribution < 1.29 is 14.3 Å². The fraction of sp³-hybridized carbons (Fsp3) is 0.526. The molecule has 0 radical (unpaired) electrons. The van der Waals surface area contributed by atoms with Crippen LogP contribution in [0.4, 0.5) is 5.13 Å².